The van der Waals surface area contributed by atoms with Crippen molar-refractivity contribution in [2.45, 2.75) is 6.92 Å². The number of carbonyl (C=O) groups is 1. The molecule has 0 saturated heterocycles. The number of amides is 1. The summed E-state index contributed by atoms with van der Waals surface area (Å²) in [6.07, 6.45) is 1.88. The van der Waals surface area contributed by atoms with Gasteiger partial charge in [-0.1, -0.05) is 60.7 Å². The molecule has 0 aliphatic carbocycles. The van der Waals surface area contributed by atoms with E-state index in [1.165, 1.54) is 5.01 Å². The molecule has 4 heteroatoms. The van der Waals surface area contributed by atoms with E-state index in [0.717, 1.165) is 22.6 Å². The average molecular weight is 368 g/mol. The van der Waals surface area contributed by atoms with Crippen molar-refractivity contribution in [3.05, 3.63) is 102 Å². The van der Waals surface area contributed by atoms with E-state index in [4.69, 9.17) is 4.74 Å². The predicted molar refractivity (Wildman–Crippen MR) is 112 cm³/mol. The summed E-state index contributed by atoms with van der Waals surface area (Å²) in [5.41, 5.74) is 3.82. The summed E-state index contributed by atoms with van der Waals surface area (Å²) in [6.45, 7) is 2.57. The number of hydrogen-bond donors (Lipinski definition) is 0. The molecule has 1 amide bonds. The Morgan fingerprint density at radius 3 is 2.18 bits per heavy atom. The van der Waals surface area contributed by atoms with Gasteiger partial charge in [0.1, 0.15) is 11.5 Å². The molecule has 1 heterocycles. The molecule has 28 heavy (non-hydrogen) atoms. The lowest BCUT2D eigenvalue weighted by Gasteiger charge is -2.10. The number of para-hydroxylation sites is 1. The number of hydrogen-bond acceptors (Lipinski definition) is 3. The van der Waals surface area contributed by atoms with Gasteiger partial charge >= 0.3 is 0 Å². The van der Waals surface area contributed by atoms with Crippen molar-refractivity contribution in [2.75, 3.05) is 11.6 Å². The van der Waals surface area contributed by atoms with Crippen LogP contribution >= 0.6 is 0 Å². The van der Waals surface area contributed by atoms with E-state index in [1.54, 1.807) is 0 Å². The van der Waals surface area contributed by atoms with Crippen LogP contribution < -0.4 is 9.75 Å². The molecule has 3 aromatic rings. The van der Waals surface area contributed by atoms with E-state index in [9.17, 15) is 4.79 Å². The first-order valence-electron chi connectivity index (χ1n) is 9.24. The minimum Gasteiger partial charge on any atom is -0.494 e. The smallest absolute Gasteiger partial charge is 0.281 e. The van der Waals surface area contributed by atoms with Crippen LogP contribution in [-0.4, -0.2) is 18.2 Å². The summed E-state index contributed by atoms with van der Waals surface area (Å²) in [5.74, 6) is 0.671. The van der Waals surface area contributed by atoms with Gasteiger partial charge in [0.25, 0.3) is 5.91 Å². The molecule has 4 rings (SSSR count). The molecule has 1 aliphatic heterocycles. The first-order valence-corrected chi connectivity index (χ1v) is 9.24. The normalized spacial score (nSPS) is 15.0. The van der Waals surface area contributed by atoms with Crippen LogP contribution in [0.2, 0.25) is 0 Å². The van der Waals surface area contributed by atoms with Crippen LogP contribution in [0, 0.1) is 0 Å². The molecule has 0 bridgehead atoms. The van der Waals surface area contributed by atoms with Gasteiger partial charge in [-0.25, -0.2) is 0 Å². The monoisotopic (exact) mass is 368 g/mol. The Hall–Kier alpha value is -3.66. The summed E-state index contributed by atoms with van der Waals surface area (Å²) < 4.78 is 5.50. The van der Waals surface area contributed by atoms with Gasteiger partial charge in [0, 0.05) is 5.56 Å². The molecule has 0 saturated carbocycles. The lowest BCUT2D eigenvalue weighted by Crippen LogP contribution is -2.21. The number of nitrogens with zero attached hydrogens (tertiary/aromatic N) is 2. The summed E-state index contributed by atoms with van der Waals surface area (Å²) in [5, 5.41) is 6.10. The van der Waals surface area contributed by atoms with Crippen LogP contribution in [0.1, 0.15) is 18.1 Å². The van der Waals surface area contributed by atoms with Gasteiger partial charge in [-0.3, -0.25) is 4.79 Å². The Balaban J connectivity index is 1.75. The molecule has 0 unspecified atom stereocenters. The molecule has 138 valence electrons. The number of benzene rings is 3. The zero-order valence-electron chi connectivity index (χ0n) is 15.6. The highest BCUT2D eigenvalue weighted by Crippen LogP contribution is 2.28. The molecule has 0 spiro atoms. The quantitative estimate of drug-likeness (QED) is 0.600. The Morgan fingerprint density at radius 2 is 1.54 bits per heavy atom. The lowest BCUT2D eigenvalue weighted by atomic mass is 10.0. The molecule has 0 radical (unpaired) electrons. The van der Waals surface area contributed by atoms with Crippen molar-refractivity contribution in [1.29, 1.82) is 0 Å². The fourth-order valence-corrected chi connectivity index (χ4v) is 3.09. The lowest BCUT2D eigenvalue weighted by molar-refractivity contribution is -0.114. The van der Waals surface area contributed by atoms with Crippen LogP contribution in [0.15, 0.2) is 95.6 Å². The molecule has 0 fully saturated rings. The molecule has 1 aliphatic rings. The van der Waals surface area contributed by atoms with Gasteiger partial charge in [0.05, 0.1) is 17.9 Å². The Morgan fingerprint density at radius 1 is 0.893 bits per heavy atom. The van der Waals surface area contributed by atoms with Crippen LogP contribution in [0.25, 0.3) is 6.08 Å². The highest BCUT2D eigenvalue weighted by Gasteiger charge is 2.31. The van der Waals surface area contributed by atoms with Crippen LogP contribution in [-0.2, 0) is 4.79 Å². The topological polar surface area (TPSA) is 41.9 Å². The number of carbonyl (C=O) groups excluding carboxylic acids is 1. The van der Waals surface area contributed by atoms with E-state index in [2.05, 4.69) is 5.10 Å². The molecule has 3 aromatic carbocycles. The Labute approximate surface area is 164 Å². The van der Waals surface area contributed by atoms with Crippen molar-refractivity contribution in [2.24, 2.45) is 5.10 Å². The number of ether oxygens (including phenoxy) is 1. The second kappa shape index (κ2) is 7.92. The van der Waals surface area contributed by atoms with Crippen LogP contribution in [0.4, 0.5) is 5.69 Å². The molecule has 0 atom stereocenters. The molecule has 4 nitrogen and oxygen atoms in total. The second-order valence-corrected chi connectivity index (χ2v) is 6.33. The summed E-state index contributed by atoms with van der Waals surface area (Å²) in [7, 11) is 0. The summed E-state index contributed by atoms with van der Waals surface area (Å²) >= 11 is 0. The second-order valence-electron chi connectivity index (χ2n) is 6.33. The van der Waals surface area contributed by atoms with Crippen LogP contribution in [0.3, 0.4) is 0 Å². The maximum atomic E-state index is 13.2. The minimum atomic E-state index is -0.140. The first kappa shape index (κ1) is 17.7. The number of rotatable bonds is 5. The zero-order valence-corrected chi connectivity index (χ0v) is 15.6. The van der Waals surface area contributed by atoms with Gasteiger partial charge in [-0.2, -0.15) is 10.1 Å². The Bertz CT molecular complexity index is 1020. The zero-order chi connectivity index (χ0) is 19.3. The summed E-state index contributed by atoms with van der Waals surface area (Å²) in [6, 6.07) is 26.9. The first-order chi connectivity index (χ1) is 13.8. The van der Waals surface area contributed by atoms with Crippen molar-refractivity contribution < 1.29 is 9.53 Å². The van der Waals surface area contributed by atoms with E-state index in [-0.39, 0.29) is 5.91 Å². The van der Waals surface area contributed by atoms with Crippen LogP contribution in [0.5, 0.6) is 5.75 Å². The Kier molecular flexibility index (Phi) is 5.02. The minimum absolute atomic E-state index is 0.140. The molecular formula is C24H20N2O2. The van der Waals surface area contributed by atoms with Gasteiger partial charge in [0.2, 0.25) is 0 Å². The highest BCUT2D eigenvalue weighted by molar-refractivity contribution is 6.37. The third kappa shape index (κ3) is 3.58. The molecule has 0 N–H and O–H groups in total. The average Bonchev–Trinajstić information content (AvgIpc) is 3.07. The standard InChI is InChI=1S/C24H20N2O2/c1-2-28-21-15-13-18(14-16-21)17-22-23(19-9-5-3-6-10-19)25-26(24(22)27)20-11-7-4-8-12-20/h3-17H,2H2,1H3/b22-17-. The molecular weight excluding hydrogens is 348 g/mol. The fourth-order valence-electron chi connectivity index (χ4n) is 3.09. The van der Waals surface area contributed by atoms with E-state index >= 15 is 0 Å². The molecule has 0 aromatic heterocycles. The maximum absolute atomic E-state index is 13.2. The van der Waals surface area contributed by atoms with Gasteiger partial charge in [0.15, 0.2) is 0 Å². The van der Waals surface area contributed by atoms with Crippen molar-refractivity contribution in [3.63, 3.8) is 0 Å². The maximum Gasteiger partial charge on any atom is 0.281 e. The highest BCUT2D eigenvalue weighted by atomic mass is 16.5. The van der Waals surface area contributed by atoms with Crippen molar-refractivity contribution in [3.8, 4) is 5.75 Å². The third-order valence-corrected chi connectivity index (χ3v) is 4.43. The van der Waals surface area contributed by atoms with Gasteiger partial charge < -0.3 is 4.74 Å². The van der Waals surface area contributed by atoms with Crippen molar-refractivity contribution in [1.82, 2.24) is 0 Å². The SMILES string of the molecule is CCOc1ccc(/C=C2\C(=O)N(c3ccccc3)N=C2c2ccccc2)cc1. The third-order valence-electron chi connectivity index (χ3n) is 4.43. The van der Waals surface area contributed by atoms with Gasteiger partial charge in [-0.05, 0) is 42.8 Å². The van der Waals surface area contributed by atoms with E-state index in [0.29, 0.717) is 17.9 Å². The number of anilines is 1. The van der Waals surface area contributed by atoms with E-state index < -0.39 is 0 Å². The fraction of sp³-hybridized carbons (Fsp3) is 0.0833. The predicted octanol–water partition coefficient (Wildman–Crippen LogP) is 4.92. The largest absolute Gasteiger partial charge is 0.494 e. The number of hydrazone groups is 1. The van der Waals surface area contributed by atoms with E-state index in [1.807, 2.05) is 97.9 Å². The van der Waals surface area contributed by atoms with Gasteiger partial charge in [-0.15, -0.1) is 0 Å². The van der Waals surface area contributed by atoms with Crippen molar-refractivity contribution >= 4 is 23.4 Å². The summed E-state index contributed by atoms with van der Waals surface area (Å²) in [4.78, 5) is 13.2.